The monoisotopic (exact) mass is 402 g/mol. The summed E-state index contributed by atoms with van der Waals surface area (Å²) >= 11 is 12.3. The van der Waals surface area contributed by atoms with Gasteiger partial charge in [0.2, 0.25) is 0 Å². The van der Waals surface area contributed by atoms with Gasteiger partial charge in [-0.3, -0.25) is 4.79 Å². The number of carbonyl (C=O) groups is 1. The van der Waals surface area contributed by atoms with E-state index >= 15 is 0 Å². The Bertz CT molecular complexity index is 872. The highest BCUT2D eigenvalue weighted by Gasteiger charge is 2.14. The minimum absolute atomic E-state index is 0.0568. The van der Waals surface area contributed by atoms with Crippen LogP contribution in [0.2, 0.25) is 10.0 Å². The summed E-state index contributed by atoms with van der Waals surface area (Å²) in [6, 6.07) is 14.6. The summed E-state index contributed by atoms with van der Waals surface area (Å²) in [6.07, 6.45) is 1.44. The molecule has 2 rings (SSSR count). The lowest BCUT2D eigenvalue weighted by atomic mass is 10.1. The first-order chi connectivity index (χ1) is 12.9. The molecular weight excluding hydrogens is 383 g/mol. The first-order valence-electron chi connectivity index (χ1n) is 8.46. The molecule has 0 spiro atoms. The molecule has 0 saturated carbocycles. The van der Waals surface area contributed by atoms with Crippen LogP contribution in [0, 0.1) is 17.2 Å². The van der Waals surface area contributed by atoms with Crippen LogP contribution in [0.25, 0.3) is 6.08 Å². The number of benzene rings is 2. The predicted octanol–water partition coefficient (Wildman–Crippen LogP) is 5.25. The maximum absolute atomic E-state index is 12.4. The number of carbonyl (C=O) groups excluding carboxylic acids is 1. The molecule has 6 heteroatoms. The van der Waals surface area contributed by atoms with E-state index in [2.05, 4.69) is 5.32 Å². The lowest BCUT2D eigenvalue weighted by Gasteiger charge is -2.14. The fraction of sp³-hybridized carbons (Fsp3) is 0.238. The van der Waals surface area contributed by atoms with Crippen molar-refractivity contribution in [2.24, 2.45) is 5.92 Å². The number of nitrogens with zero attached hydrogens (tertiary/aromatic N) is 1. The Labute approximate surface area is 169 Å². The first-order valence-corrected chi connectivity index (χ1v) is 9.22. The fourth-order valence-corrected chi connectivity index (χ4v) is 2.83. The number of rotatable bonds is 7. The number of ether oxygens (including phenoxy) is 1. The van der Waals surface area contributed by atoms with Crippen molar-refractivity contribution in [1.82, 2.24) is 5.32 Å². The summed E-state index contributed by atoms with van der Waals surface area (Å²) < 4.78 is 5.76. The van der Waals surface area contributed by atoms with E-state index in [0.717, 1.165) is 5.56 Å². The largest absolute Gasteiger partial charge is 0.491 e. The van der Waals surface area contributed by atoms with E-state index in [1.807, 2.05) is 50.2 Å². The maximum atomic E-state index is 12.4. The van der Waals surface area contributed by atoms with Crippen LogP contribution in [-0.4, -0.2) is 12.5 Å². The summed E-state index contributed by atoms with van der Waals surface area (Å²) in [4.78, 5) is 12.4. The van der Waals surface area contributed by atoms with E-state index in [9.17, 15) is 10.1 Å². The van der Waals surface area contributed by atoms with Crippen LogP contribution in [0.4, 0.5) is 0 Å². The molecule has 0 radical (unpaired) electrons. The van der Waals surface area contributed by atoms with Gasteiger partial charge in [-0.1, -0.05) is 67.4 Å². The molecule has 140 valence electrons. The summed E-state index contributed by atoms with van der Waals surface area (Å²) in [7, 11) is 0. The van der Waals surface area contributed by atoms with Crippen molar-refractivity contribution in [3.05, 3.63) is 69.2 Å². The van der Waals surface area contributed by atoms with Crippen LogP contribution in [-0.2, 0) is 11.3 Å². The van der Waals surface area contributed by atoms with Gasteiger partial charge < -0.3 is 10.1 Å². The van der Waals surface area contributed by atoms with E-state index < -0.39 is 5.91 Å². The highest BCUT2D eigenvalue weighted by molar-refractivity contribution is 6.36. The van der Waals surface area contributed by atoms with E-state index in [-0.39, 0.29) is 11.5 Å². The molecule has 1 N–H and O–H groups in total. The smallest absolute Gasteiger partial charge is 0.262 e. The number of nitrogens with one attached hydrogen (secondary N) is 1. The normalized spacial score (nSPS) is 11.2. The van der Waals surface area contributed by atoms with Gasteiger partial charge in [0, 0.05) is 17.1 Å². The second-order valence-corrected chi connectivity index (χ2v) is 7.19. The van der Waals surface area contributed by atoms with Gasteiger partial charge in [-0.25, -0.2) is 0 Å². The Morgan fingerprint density at radius 3 is 2.59 bits per heavy atom. The average Bonchev–Trinajstić information content (AvgIpc) is 2.63. The summed E-state index contributed by atoms with van der Waals surface area (Å²) in [5.41, 5.74) is 1.37. The van der Waals surface area contributed by atoms with Crippen molar-refractivity contribution in [3.8, 4) is 11.8 Å². The molecule has 2 aromatic carbocycles. The highest BCUT2D eigenvalue weighted by atomic mass is 35.5. The van der Waals surface area contributed by atoms with Gasteiger partial charge in [-0.05, 0) is 29.7 Å². The standard InChI is InChI=1S/C21H20Cl2N2O2/c1-14(2)13-27-20-16(9-18(22)10-19(20)23)8-17(11-24)21(26)25-12-15-6-4-3-5-7-15/h3-10,14H,12-13H2,1-2H3,(H,25,26)/b17-8+. The van der Waals surface area contributed by atoms with Gasteiger partial charge in [-0.15, -0.1) is 0 Å². The second kappa shape index (κ2) is 10.0. The Balaban J connectivity index is 2.25. The quantitative estimate of drug-likeness (QED) is 0.507. The van der Waals surface area contributed by atoms with Gasteiger partial charge in [0.05, 0.1) is 11.6 Å². The molecule has 0 heterocycles. The molecule has 0 bridgehead atoms. The molecule has 0 saturated heterocycles. The molecule has 0 aliphatic rings. The van der Waals surface area contributed by atoms with Crippen molar-refractivity contribution in [2.75, 3.05) is 6.61 Å². The summed E-state index contributed by atoms with van der Waals surface area (Å²) in [5.74, 6) is 0.212. The van der Waals surface area contributed by atoms with Crippen LogP contribution < -0.4 is 10.1 Å². The van der Waals surface area contributed by atoms with Gasteiger partial charge in [0.15, 0.2) is 0 Å². The minimum atomic E-state index is -0.479. The molecule has 0 aliphatic heterocycles. The van der Waals surface area contributed by atoms with Crippen molar-refractivity contribution in [3.63, 3.8) is 0 Å². The number of amides is 1. The SMILES string of the molecule is CC(C)COc1c(Cl)cc(Cl)cc1/C=C(\C#N)C(=O)NCc1ccccc1. The topological polar surface area (TPSA) is 62.1 Å². The molecule has 4 nitrogen and oxygen atoms in total. The van der Waals surface area contributed by atoms with Gasteiger partial charge in [0.1, 0.15) is 17.4 Å². The number of hydrogen-bond donors (Lipinski definition) is 1. The molecule has 0 atom stereocenters. The predicted molar refractivity (Wildman–Crippen MR) is 109 cm³/mol. The molecule has 27 heavy (non-hydrogen) atoms. The van der Waals surface area contributed by atoms with E-state index in [1.165, 1.54) is 6.08 Å². The minimum Gasteiger partial charge on any atom is -0.491 e. The zero-order valence-corrected chi connectivity index (χ0v) is 16.6. The third kappa shape index (κ3) is 6.32. The number of nitriles is 1. The number of hydrogen-bond acceptors (Lipinski definition) is 3. The molecule has 0 unspecified atom stereocenters. The Morgan fingerprint density at radius 1 is 1.26 bits per heavy atom. The molecule has 0 aromatic heterocycles. The molecule has 1 amide bonds. The average molecular weight is 403 g/mol. The third-order valence-electron chi connectivity index (χ3n) is 3.56. The van der Waals surface area contributed by atoms with E-state index in [1.54, 1.807) is 12.1 Å². The molecule has 0 fully saturated rings. The highest BCUT2D eigenvalue weighted by Crippen LogP contribution is 2.34. The van der Waals surface area contributed by atoms with E-state index in [0.29, 0.717) is 34.5 Å². The van der Waals surface area contributed by atoms with Crippen molar-refractivity contribution in [1.29, 1.82) is 5.26 Å². The van der Waals surface area contributed by atoms with Crippen LogP contribution in [0.1, 0.15) is 25.0 Å². The first kappa shape index (κ1) is 20.8. The third-order valence-corrected chi connectivity index (χ3v) is 4.06. The second-order valence-electron chi connectivity index (χ2n) is 6.35. The Morgan fingerprint density at radius 2 is 1.96 bits per heavy atom. The van der Waals surface area contributed by atoms with E-state index in [4.69, 9.17) is 27.9 Å². The summed E-state index contributed by atoms with van der Waals surface area (Å²) in [6.45, 7) is 4.80. The van der Waals surface area contributed by atoms with Gasteiger partial charge in [-0.2, -0.15) is 5.26 Å². The Hall–Kier alpha value is -2.48. The van der Waals surface area contributed by atoms with Crippen LogP contribution >= 0.6 is 23.2 Å². The zero-order chi connectivity index (χ0) is 19.8. The van der Waals surface area contributed by atoms with Gasteiger partial charge in [0.25, 0.3) is 5.91 Å². The lowest BCUT2D eigenvalue weighted by Crippen LogP contribution is -2.23. The van der Waals surface area contributed by atoms with Crippen LogP contribution in [0.3, 0.4) is 0 Å². The fourth-order valence-electron chi connectivity index (χ4n) is 2.27. The molecule has 2 aromatic rings. The van der Waals surface area contributed by atoms with Gasteiger partial charge >= 0.3 is 0 Å². The van der Waals surface area contributed by atoms with Crippen molar-refractivity contribution < 1.29 is 9.53 Å². The van der Waals surface area contributed by atoms with Crippen LogP contribution in [0.5, 0.6) is 5.75 Å². The lowest BCUT2D eigenvalue weighted by molar-refractivity contribution is -0.117. The van der Waals surface area contributed by atoms with Crippen molar-refractivity contribution in [2.45, 2.75) is 20.4 Å². The maximum Gasteiger partial charge on any atom is 0.262 e. The van der Waals surface area contributed by atoms with Crippen LogP contribution in [0.15, 0.2) is 48.0 Å². The zero-order valence-electron chi connectivity index (χ0n) is 15.1. The summed E-state index contributed by atoms with van der Waals surface area (Å²) in [5, 5.41) is 12.9. The number of halogens is 2. The van der Waals surface area contributed by atoms with Crippen molar-refractivity contribution >= 4 is 35.2 Å². The Kier molecular flexibility index (Phi) is 7.72. The molecular formula is C21H20Cl2N2O2. The molecule has 0 aliphatic carbocycles.